The van der Waals surface area contributed by atoms with Crippen LogP contribution in [0.4, 0.5) is 4.39 Å². The van der Waals surface area contributed by atoms with Gasteiger partial charge in [-0.15, -0.1) is 0 Å². The SMILES string of the molecule is CC(O)CN(C)Cc1ccc(F)cc1Br. The maximum atomic E-state index is 12.8. The van der Waals surface area contributed by atoms with Crippen molar-refractivity contribution in [2.75, 3.05) is 13.6 Å². The molecule has 0 radical (unpaired) electrons. The van der Waals surface area contributed by atoms with Gasteiger partial charge in [0, 0.05) is 17.6 Å². The topological polar surface area (TPSA) is 23.5 Å². The molecule has 0 amide bonds. The largest absolute Gasteiger partial charge is 0.392 e. The second-order valence-corrected chi connectivity index (χ2v) is 4.64. The molecule has 0 saturated heterocycles. The Labute approximate surface area is 97.8 Å². The van der Waals surface area contributed by atoms with Gasteiger partial charge in [0.15, 0.2) is 0 Å². The van der Waals surface area contributed by atoms with Crippen LogP contribution in [0.1, 0.15) is 12.5 Å². The number of likely N-dealkylation sites (N-methyl/N-ethyl adjacent to an activating group) is 1. The molecule has 0 aliphatic carbocycles. The van der Waals surface area contributed by atoms with Crippen molar-refractivity contribution in [3.8, 4) is 0 Å². The van der Waals surface area contributed by atoms with Crippen molar-refractivity contribution in [3.05, 3.63) is 34.1 Å². The molecule has 0 saturated carbocycles. The lowest BCUT2D eigenvalue weighted by Crippen LogP contribution is -2.26. The van der Waals surface area contributed by atoms with Crippen molar-refractivity contribution in [2.24, 2.45) is 0 Å². The molecular weight excluding hydrogens is 261 g/mol. The molecule has 15 heavy (non-hydrogen) atoms. The van der Waals surface area contributed by atoms with Gasteiger partial charge in [-0.2, -0.15) is 0 Å². The van der Waals surface area contributed by atoms with Gasteiger partial charge in [0.2, 0.25) is 0 Å². The summed E-state index contributed by atoms with van der Waals surface area (Å²) in [6.45, 7) is 3.03. The van der Waals surface area contributed by atoms with Crippen LogP contribution in [0.3, 0.4) is 0 Å². The summed E-state index contributed by atoms with van der Waals surface area (Å²) in [5.74, 6) is -0.246. The minimum Gasteiger partial charge on any atom is -0.392 e. The molecule has 4 heteroatoms. The Bertz CT molecular complexity index is 330. The first kappa shape index (κ1) is 12.6. The summed E-state index contributed by atoms with van der Waals surface area (Å²) in [6, 6.07) is 4.64. The van der Waals surface area contributed by atoms with E-state index in [1.807, 2.05) is 11.9 Å². The molecule has 0 fully saturated rings. The summed E-state index contributed by atoms with van der Waals surface area (Å²) >= 11 is 3.31. The first-order valence-electron chi connectivity index (χ1n) is 4.79. The highest BCUT2D eigenvalue weighted by Gasteiger charge is 2.07. The Hall–Kier alpha value is -0.450. The number of benzene rings is 1. The minimum absolute atomic E-state index is 0.246. The third-order valence-electron chi connectivity index (χ3n) is 2.03. The van der Waals surface area contributed by atoms with Crippen LogP contribution < -0.4 is 0 Å². The van der Waals surface area contributed by atoms with Gasteiger partial charge in [0.05, 0.1) is 6.10 Å². The molecule has 84 valence electrons. The van der Waals surface area contributed by atoms with Crippen molar-refractivity contribution >= 4 is 15.9 Å². The summed E-state index contributed by atoms with van der Waals surface area (Å²) in [5, 5.41) is 9.20. The number of hydrogen-bond donors (Lipinski definition) is 1. The van der Waals surface area contributed by atoms with Gasteiger partial charge >= 0.3 is 0 Å². The molecule has 1 aromatic carbocycles. The van der Waals surface area contributed by atoms with Gasteiger partial charge in [0.25, 0.3) is 0 Å². The lowest BCUT2D eigenvalue weighted by Gasteiger charge is -2.19. The normalized spacial score (nSPS) is 13.2. The van der Waals surface area contributed by atoms with E-state index in [1.54, 1.807) is 13.0 Å². The minimum atomic E-state index is -0.353. The molecule has 0 heterocycles. The van der Waals surface area contributed by atoms with Crippen molar-refractivity contribution < 1.29 is 9.50 Å². The highest BCUT2D eigenvalue weighted by atomic mass is 79.9. The van der Waals surface area contributed by atoms with E-state index in [1.165, 1.54) is 12.1 Å². The van der Waals surface area contributed by atoms with Gasteiger partial charge < -0.3 is 5.11 Å². The first-order valence-corrected chi connectivity index (χ1v) is 5.59. The van der Waals surface area contributed by atoms with Crippen LogP contribution in [-0.4, -0.2) is 29.7 Å². The van der Waals surface area contributed by atoms with E-state index < -0.39 is 0 Å². The number of aliphatic hydroxyl groups is 1. The molecule has 1 unspecified atom stereocenters. The third kappa shape index (κ3) is 4.28. The van der Waals surface area contributed by atoms with Gasteiger partial charge in [-0.05, 0) is 31.7 Å². The fraction of sp³-hybridized carbons (Fsp3) is 0.455. The zero-order valence-electron chi connectivity index (χ0n) is 8.87. The summed E-state index contributed by atoms with van der Waals surface area (Å²) in [7, 11) is 1.92. The summed E-state index contributed by atoms with van der Waals surface area (Å²) in [6.07, 6.45) is -0.353. The summed E-state index contributed by atoms with van der Waals surface area (Å²) in [5.41, 5.74) is 1.01. The quantitative estimate of drug-likeness (QED) is 0.912. The van der Waals surface area contributed by atoms with Crippen LogP contribution in [0, 0.1) is 5.82 Å². The predicted octanol–water partition coefficient (Wildman–Crippen LogP) is 2.40. The van der Waals surface area contributed by atoms with Crippen LogP contribution >= 0.6 is 15.9 Å². The summed E-state index contributed by atoms with van der Waals surface area (Å²) < 4.78 is 13.6. The summed E-state index contributed by atoms with van der Waals surface area (Å²) in [4.78, 5) is 1.99. The molecule has 1 N–H and O–H groups in total. The van der Waals surface area contributed by atoms with Gasteiger partial charge in [0.1, 0.15) is 5.82 Å². The lowest BCUT2D eigenvalue weighted by atomic mass is 10.2. The Kier molecular flexibility index (Phi) is 4.70. The second kappa shape index (κ2) is 5.58. The molecule has 2 nitrogen and oxygen atoms in total. The average Bonchev–Trinajstić information content (AvgIpc) is 2.08. The standard InChI is InChI=1S/C11H15BrFNO/c1-8(15)6-14(2)7-9-3-4-10(13)5-11(9)12/h3-5,8,15H,6-7H2,1-2H3. The lowest BCUT2D eigenvalue weighted by molar-refractivity contribution is 0.138. The second-order valence-electron chi connectivity index (χ2n) is 3.78. The maximum Gasteiger partial charge on any atom is 0.124 e. The van der Waals surface area contributed by atoms with Gasteiger partial charge in [-0.3, -0.25) is 4.90 Å². The van der Waals surface area contributed by atoms with Crippen molar-refractivity contribution in [1.82, 2.24) is 4.90 Å². The molecular formula is C11H15BrFNO. The van der Waals surface area contributed by atoms with Crippen LogP contribution in [0.15, 0.2) is 22.7 Å². The molecule has 1 atom stereocenters. The van der Waals surface area contributed by atoms with E-state index in [0.29, 0.717) is 13.1 Å². The molecule has 0 bridgehead atoms. The van der Waals surface area contributed by atoms with Gasteiger partial charge in [-0.25, -0.2) is 4.39 Å². The highest BCUT2D eigenvalue weighted by Crippen LogP contribution is 2.19. The maximum absolute atomic E-state index is 12.8. The molecule has 0 aliphatic heterocycles. The van der Waals surface area contributed by atoms with Gasteiger partial charge in [-0.1, -0.05) is 22.0 Å². The van der Waals surface area contributed by atoms with E-state index in [-0.39, 0.29) is 11.9 Å². The number of halogens is 2. The monoisotopic (exact) mass is 275 g/mol. The first-order chi connectivity index (χ1) is 6.99. The number of aliphatic hydroxyl groups excluding tert-OH is 1. The predicted molar refractivity (Wildman–Crippen MR) is 62.1 cm³/mol. The number of rotatable bonds is 4. The van der Waals surface area contributed by atoms with Crippen molar-refractivity contribution in [2.45, 2.75) is 19.6 Å². The van der Waals surface area contributed by atoms with Crippen LogP contribution in [0.2, 0.25) is 0 Å². The van der Waals surface area contributed by atoms with E-state index in [9.17, 15) is 9.50 Å². The Morgan fingerprint density at radius 2 is 2.20 bits per heavy atom. The Morgan fingerprint density at radius 3 is 2.73 bits per heavy atom. The molecule has 1 aromatic rings. The van der Waals surface area contributed by atoms with E-state index in [4.69, 9.17) is 0 Å². The molecule has 0 spiro atoms. The van der Waals surface area contributed by atoms with Crippen LogP contribution in [0.5, 0.6) is 0 Å². The number of hydrogen-bond acceptors (Lipinski definition) is 2. The van der Waals surface area contributed by atoms with E-state index in [2.05, 4.69) is 15.9 Å². The average molecular weight is 276 g/mol. The van der Waals surface area contributed by atoms with Crippen LogP contribution in [-0.2, 0) is 6.54 Å². The Morgan fingerprint density at radius 1 is 1.53 bits per heavy atom. The van der Waals surface area contributed by atoms with Crippen molar-refractivity contribution in [1.29, 1.82) is 0 Å². The Balaban J connectivity index is 2.64. The zero-order chi connectivity index (χ0) is 11.4. The fourth-order valence-corrected chi connectivity index (χ4v) is 1.93. The van der Waals surface area contributed by atoms with E-state index in [0.717, 1.165) is 10.0 Å². The zero-order valence-corrected chi connectivity index (χ0v) is 10.5. The van der Waals surface area contributed by atoms with Crippen LogP contribution in [0.25, 0.3) is 0 Å². The highest BCUT2D eigenvalue weighted by molar-refractivity contribution is 9.10. The van der Waals surface area contributed by atoms with Crippen molar-refractivity contribution in [3.63, 3.8) is 0 Å². The third-order valence-corrected chi connectivity index (χ3v) is 2.77. The molecule has 0 aliphatic rings. The smallest absolute Gasteiger partial charge is 0.124 e. The molecule has 1 rings (SSSR count). The molecule has 0 aromatic heterocycles. The fourth-order valence-electron chi connectivity index (χ4n) is 1.46. The number of nitrogens with zero attached hydrogens (tertiary/aromatic N) is 1. The van der Waals surface area contributed by atoms with E-state index >= 15 is 0 Å².